The van der Waals surface area contributed by atoms with E-state index in [-0.39, 0.29) is 6.61 Å². The van der Waals surface area contributed by atoms with Gasteiger partial charge in [-0.05, 0) is 57.8 Å². The molecule has 0 saturated carbocycles. The van der Waals surface area contributed by atoms with E-state index in [9.17, 15) is 20.1 Å². The molecule has 0 bridgehead atoms. The first-order valence-corrected chi connectivity index (χ1v) is 15.0. The van der Waals surface area contributed by atoms with Crippen molar-refractivity contribution in [3.63, 3.8) is 0 Å². The van der Waals surface area contributed by atoms with Gasteiger partial charge in [0.25, 0.3) is 0 Å². The van der Waals surface area contributed by atoms with Gasteiger partial charge in [0, 0.05) is 0 Å². The smallest absolute Gasteiger partial charge is 0.249 e. The van der Waals surface area contributed by atoms with Gasteiger partial charge in [0.2, 0.25) is 5.91 Å². The van der Waals surface area contributed by atoms with E-state index in [0.717, 1.165) is 64.2 Å². The monoisotopic (exact) mass is 519 g/mol. The highest BCUT2D eigenvalue weighted by molar-refractivity contribution is 5.80. The van der Waals surface area contributed by atoms with Crippen molar-refractivity contribution in [3.05, 3.63) is 48.6 Å². The molecular weight excluding hydrogens is 462 g/mol. The maximum atomic E-state index is 12.3. The molecule has 3 atom stereocenters. The van der Waals surface area contributed by atoms with Crippen LogP contribution in [0.25, 0.3) is 0 Å². The molecule has 0 aromatic heterocycles. The molecule has 37 heavy (non-hydrogen) atoms. The minimum Gasteiger partial charge on any atom is -0.394 e. The number of unbranched alkanes of at least 4 members (excludes halogenated alkanes) is 12. The molecule has 5 nitrogen and oxygen atoms in total. The first kappa shape index (κ1) is 35.3. The molecule has 0 aromatic carbocycles. The quantitative estimate of drug-likeness (QED) is 0.0589. The summed E-state index contributed by atoms with van der Waals surface area (Å²) >= 11 is 0. The summed E-state index contributed by atoms with van der Waals surface area (Å²) < 4.78 is 0. The molecule has 0 aromatic rings. The van der Waals surface area contributed by atoms with Crippen LogP contribution in [0.2, 0.25) is 0 Å². The number of amides is 1. The van der Waals surface area contributed by atoms with Crippen molar-refractivity contribution >= 4 is 5.91 Å². The van der Waals surface area contributed by atoms with E-state index in [1.165, 1.54) is 38.5 Å². The Morgan fingerprint density at radius 3 is 1.81 bits per heavy atom. The van der Waals surface area contributed by atoms with Gasteiger partial charge in [-0.2, -0.15) is 0 Å². The number of hydrogen-bond donors (Lipinski definition) is 4. The summed E-state index contributed by atoms with van der Waals surface area (Å²) in [6.45, 7) is 4.03. The third kappa shape index (κ3) is 23.2. The van der Waals surface area contributed by atoms with Crippen LogP contribution in [0.4, 0.5) is 0 Å². The Morgan fingerprint density at radius 2 is 1.19 bits per heavy atom. The van der Waals surface area contributed by atoms with Gasteiger partial charge in [-0.15, -0.1) is 0 Å². The lowest BCUT2D eigenvalue weighted by Gasteiger charge is -2.21. The van der Waals surface area contributed by atoms with E-state index >= 15 is 0 Å². The Hall–Kier alpha value is -1.69. The zero-order valence-corrected chi connectivity index (χ0v) is 23.8. The number of nitrogens with one attached hydrogen (secondary N) is 1. The van der Waals surface area contributed by atoms with Gasteiger partial charge in [-0.3, -0.25) is 4.79 Å². The molecule has 1 amide bonds. The number of aliphatic hydroxyl groups is 3. The van der Waals surface area contributed by atoms with Gasteiger partial charge in [0.15, 0.2) is 0 Å². The first-order chi connectivity index (χ1) is 18.1. The normalized spacial score (nSPS) is 14.8. The first-order valence-electron chi connectivity index (χ1n) is 15.0. The maximum absolute atomic E-state index is 12.3. The molecule has 0 aliphatic carbocycles. The maximum Gasteiger partial charge on any atom is 0.249 e. The van der Waals surface area contributed by atoms with Crippen LogP contribution in [0.15, 0.2) is 48.6 Å². The molecule has 4 N–H and O–H groups in total. The van der Waals surface area contributed by atoms with Crippen molar-refractivity contribution in [2.75, 3.05) is 6.61 Å². The largest absolute Gasteiger partial charge is 0.394 e. The highest BCUT2D eigenvalue weighted by Gasteiger charge is 2.22. The van der Waals surface area contributed by atoms with Gasteiger partial charge in [-0.1, -0.05) is 114 Å². The average molecular weight is 520 g/mol. The summed E-state index contributed by atoms with van der Waals surface area (Å²) in [4.78, 5) is 12.3. The van der Waals surface area contributed by atoms with Gasteiger partial charge in [-0.25, -0.2) is 0 Å². The molecule has 0 saturated heterocycles. The fourth-order valence-electron chi connectivity index (χ4n) is 3.95. The van der Waals surface area contributed by atoms with Crippen LogP contribution in [-0.4, -0.2) is 46.1 Å². The minimum absolute atomic E-state index is 0.385. The van der Waals surface area contributed by atoms with E-state index < -0.39 is 24.2 Å². The van der Waals surface area contributed by atoms with E-state index in [1.807, 2.05) is 6.08 Å². The predicted octanol–water partition coefficient (Wildman–Crippen LogP) is 7.08. The van der Waals surface area contributed by atoms with Crippen LogP contribution in [0.1, 0.15) is 123 Å². The van der Waals surface area contributed by atoms with Crippen molar-refractivity contribution in [2.24, 2.45) is 0 Å². The average Bonchev–Trinajstić information content (AvgIpc) is 2.90. The SMILES string of the molecule is CCCCC/C=C\C=C/CCCCCCCC(O)C(=O)NC(CO)C(O)/C=C/CC/C=C/CCCCC. The van der Waals surface area contributed by atoms with E-state index in [1.54, 1.807) is 6.08 Å². The second kappa shape index (κ2) is 27.3. The molecular formula is C32H57NO4. The fraction of sp³-hybridized carbons (Fsp3) is 0.719. The molecule has 214 valence electrons. The molecule has 0 heterocycles. The molecule has 0 fully saturated rings. The molecule has 5 heteroatoms. The number of allylic oxidation sites excluding steroid dienone is 7. The fourth-order valence-corrected chi connectivity index (χ4v) is 3.95. The second-order valence-corrected chi connectivity index (χ2v) is 9.97. The molecule has 0 spiro atoms. The van der Waals surface area contributed by atoms with Gasteiger partial charge in [0.05, 0.1) is 18.8 Å². The zero-order chi connectivity index (χ0) is 27.4. The Labute approximate surface area is 227 Å². The summed E-state index contributed by atoms with van der Waals surface area (Å²) in [5.74, 6) is -0.533. The Balaban J connectivity index is 3.92. The van der Waals surface area contributed by atoms with Crippen LogP contribution in [-0.2, 0) is 4.79 Å². The summed E-state index contributed by atoms with van der Waals surface area (Å²) in [7, 11) is 0. The van der Waals surface area contributed by atoms with Crippen molar-refractivity contribution in [1.82, 2.24) is 5.32 Å². The number of hydrogen-bond acceptors (Lipinski definition) is 4. The van der Waals surface area contributed by atoms with Gasteiger partial charge < -0.3 is 20.6 Å². The van der Waals surface area contributed by atoms with Crippen molar-refractivity contribution in [1.29, 1.82) is 0 Å². The number of rotatable bonds is 25. The van der Waals surface area contributed by atoms with Crippen LogP contribution in [0, 0.1) is 0 Å². The third-order valence-electron chi connectivity index (χ3n) is 6.42. The summed E-state index contributed by atoms with van der Waals surface area (Å²) in [5, 5.41) is 32.6. The lowest BCUT2D eigenvalue weighted by atomic mass is 10.1. The molecule has 3 unspecified atom stereocenters. The highest BCUT2D eigenvalue weighted by atomic mass is 16.3. The Bertz CT molecular complexity index is 626. The Kier molecular flexibility index (Phi) is 26.1. The molecule has 0 radical (unpaired) electrons. The van der Waals surface area contributed by atoms with Crippen molar-refractivity contribution < 1.29 is 20.1 Å². The second-order valence-electron chi connectivity index (χ2n) is 9.97. The van der Waals surface area contributed by atoms with E-state index in [4.69, 9.17) is 0 Å². The lowest BCUT2D eigenvalue weighted by Crippen LogP contribution is -2.48. The van der Waals surface area contributed by atoms with Gasteiger partial charge in [0.1, 0.15) is 6.10 Å². The minimum atomic E-state index is -1.12. The van der Waals surface area contributed by atoms with Gasteiger partial charge >= 0.3 is 0 Å². The topological polar surface area (TPSA) is 89.8 Å². The summed E-state index contributed by atoms with van der Waals surface area (Å²) in [5.41, 5.74) is 0. The third-order valence-corrected chi connectivity index (χ3v) is 6.42. The summed E-state index contributed by atoms with van der Waals surface area (Å²) in [6, 6.07) is -0.817. The molecule has 0 aliphatic rings. The molecule has 0 aliphatic heterocycles. The Morgan fingerprint density at radius 1 is 0.676 bits per heavy atom. The number of carbonyl (C=O) groups is 1. The molecule has 0 rings (SSSR count). The lowest BCUT2D eigenvalue weighted by molar-refractivity contribution is -0.131. The van der Waals surface area contributed by atoms with Crippen LogP contribution >= 0.6 is 0 Å². The van der Waals surface area contributed by atoms with Crippen LogP contribution in [0.3, 0.4) is 0 Å². The predicted molar refractivity (Wildman–Crippen MR) is 157 cm³/mol. The number of aliphatic hydroxyl groups excluding tert-OH is 3. The standard InChI is InChI=1S/C32H57NO4/c1-3-5-7-9-11-13-14-15-16-17-19-21-23-25-27-31(36)32(37)33-29(28-34)30(35)26-24-22-20-18-12-10-8-6-4-2/h11-15,18,24,26,29-31,34-36H,3-10,16-17,19-23,25,27-28H2,1-2H3,(H,33,37)/b13-11-,15-14-,18-12+,26-24+. The van der Waals surface area contributed by atoms with Crippen LogP contribution < -0.4 is 5.32 Å². The van der Waals surface area contributed by atoms with Crippen LogP contribution in [0.5, 0.6) is 0 Å². The highest BCUT2D eigenvalue weighted by Crippen LogP contribution is 2.10. The van der Waals surface area contributed by atoms with E-state index in [0.29, 0.717) is 6.42 Å². The zero-order valence-electron chi connectivity index (χ0n) is 23.8. The van der Waals surface area contributed by atoms with Crippen molar-refractivity contribution in [2.45, 2.75) is 141 Å². The summed E-state index contributed by atoms with van der Waals surface area (Å²) in [6.07, 6.45) is 32.6. The number of carbonyl (C=O) groups excluding carboxylic acids is 1. The van der Waals surface area contributed by atoms with Crippen molar-refractivity contribution in [3.8, 4) is 0 Å². The van der Waals surface area contributed by atoms with E-state index in [2.05, 4.69) is 55.6 Å².